The number of hydrogen-bond donors (Lipinski definition) is 2. The van der Waals surface area contributed by atoms with E-state index in [4.69, 9.17) is 16.3 Å². The van der Waals surface area contributed by atoms with Crippen molar-refractivity contribution < 1.29 is 22.7 Å². The van der Waals surface area contributed by atoms with Crippen molar-refractivity contribution in [3.8, 4) is 5.88 Å². The molecule has 0 fully saturated rings. The van der Waals surface area contributed by atoms with Crippen molar-refractivity contribution in [2.75, 3.05) is 17.7 Å². The van der Waals surface area contributed by atoms with Gasteiger partial charge in [0.05, 0.1) is 34.8 Å². The van der Waals surface area contributed by atoms with Gasteiger partial charge in [-0.3, -0.25) is 4.79 Å². The smallest absolute Gasteiger partial charge is 0.257 e. The molecule has 3 aromatic rings. The Morgan fingerprint density at radius 3 is 2.37 bits per heavy atom. The third-order valence-corrected chi connectivity index (χ3v) is 4.72. The standard InChI is InChI=1S/C21H17ClF3N3O2/c1-10-16(5-4-14(23)20(10)25)27-18-9-13(22)15(24)8-12(18)21(29)28-17-6-7-19(30-3)26-11(17)2/h4-9,27H,1-3H3,(H,28,29). The molecule has 5 nitrogen and oxygen atoms in total. The Balaban J connectivity index is 1.98. The van der Waals surface area contributed by atoms with Gasteiger partial charge in [-0.1, -0.05) is 11.6 Å². The van der Waals surface area contributed by atoms with Gasteiger partial charge >= 0.3 is 0 Å². The molecule has 0 aliphatic heterocycles. The van der Waals surface area contributed by atoms with Crippen molar-refractivity contribution in [1.82, 2.24) is 4.98 Å². The fraction of sp³-hybridized carbons (Fsp3) is 0.143. The number of aromatic nitrogens is 1. The van der Waals surface area contributed by atoms with E-state index in [0.29, 0.717) is 17.3 Å². The van der Waals surface area contributed by atoms with Crippen LogP contribution in [0.4, 0.5) is 30.2 Å². The first-order chi connectivity index (χ1) is 14.2. The highest BCUT2D eigenvalue weighted by atomic mass is 35.5. The Morgan fingerprint density at radius 1 is 1.00 bits per heavy atom. The van der Waals surface area contributed by atoms with Crippen molar-refractivity contribution >= 4 is 34.6 Å². The maximum atomic E-state index is 14.1. The summed E-state index contributed by atoms with van der Waals surface area (Å²) in [5.41, 5.74) is 1.11. The molecular formula is C21H17ClF3N3O2. The fourth-order valence-electron chi connectivity index (χ4n) is 2.74. The van der Waals surface area contributed by atoms with E-state index in [1.54, 1.807) is 19.1 Å². The molecule has 30 heavy (non-hydrogen) atoms. The third-order valence-electron chi connectivity index (χ3n) is 4.43. The van der Waals surface area contributed by atoms with Crippen LogP contribution < -0.4 is 15.4 Å². The molecule has 1 heterocycles. The van der Waals surface area contributed by atoms with Crippen LogP contribution in [0, 0.1) is 31.3 Å². The molecule has 1 aromatic heterocycles. The summed E-state index contributed by atoms with van der Waals surface area (Å²) < 4.78 is 46.4. The molecule has 2 aromatic carbocycles. The minimum Gasteiger partial charge on any atom is -0.481 e. The van der Waals surface area contributed by atoms with E-state index in [2.05, 4.69) is 15.6 Å². The van der Waals surface area contributed by atoms with Gasteiger partial charge < -0.3 is 15.4 Å². The van der Waals surface area contributed by atoms with Crippen LogP contribution in [0.2, 0.25) is 5.02 Å². The summed E-state index contributed by atoms with van der Waals surface area (Å²) in [6.07, 6.45) is 0. The molecule has 3 rings (SSSR count). The summed E-state index contributed by atoms with van der Waals surface area (Å²) in [5, 5.41) is 5.23. The van der Waals surface area contributed by atoms with Crippen LogP contribution in [-0.2, 0) is 0 Å². The van der Waals surface area contributed by atoms with Gasteiger partial charge in [0.25, 0.3) is 5.91 Å². The number of amides is 1. The molecule has 0 saturated heterocycles. The number of nitrogens with zero attached hydrogens (tertiary/aromatic N) is 1. The lowest BCUT2D eigenvalue weighted by Gasteiger charge is -2.16. The van der Waals surface area contributed by atoms with Gasteiger partial charge in [0, 0.05) is 17.3 Å². The summed E-state index contributed by atoms with van der Waals surface area (Å²) in [5.74, 6) is -3.11. The van der Waals surface area contributed by atoms with Crippen LogP contribution >= 0.6 is 11.6 Å². The quantitative estimate of drug-likeness (QED) is 0.533. The zero-order valence-corrected chi connectivity index (χ0v) is 17.0. The lowest BCUT2D eigenvalue weighted by Crippen LogP contribution is -2.16. The van der Waals surface area contributed by atoms with Gasteiger partial charge in [-0.15, -0.1) is 0 Å². The number of pyridine rings is 1. The molecule has 0 saturated carbocycles. The van der Waals surface area contributed by atoms with E-state index in [0.717, 1.165) is 12.1 Å². The molecule has 0 aliphatic carbocycles. The second kappa shape index (κ2) is 8.62. The molecule has 0 atom stereocenters. The number of carbonyl (C=O) groups excluding carboxylic acids is 1. The maximum Gasteiger partial charge on any atom is 0.257 e. The molecule has 1 amide bonds. The van der Waals surface area contributed by atoms with E-state index < -0.39 is 23.4 Å². The van der Waals surface area contributed by atoms with Crippen molar-refractivity contribution in [2.24, 2.45) is 0 Å². The number of benzene rings is 2. The Morgan fingerprint density at radius 2 is 1.70 bits per heavy atom. The summed E-state index contributed by atoms with van der Waals surface area (Å²) in [7, 11) is 1.47. The molecule has 9 heteroatoms. The summed E-state index contributed by atoms with van der Waals surface area (Å²) in [6.45, 7) is 3.04. The van der Waals surface area contributed by atoms with E-state index in [1.807, 2.05) is 0 Å². The summed E-state index contributed by atoms with van der Waals surface area (Å²) in [6, 6.07) is 7.58. The monoisotopic (exact) mass is 435 g/mol. The van der Waals surface area contributed by atoms with Crippen molar-refractivity contribution in [1.29, 1.82) is 0 Å². The fourth-order valence-corrected chi connectivity index (χ4v) is 2.91. The maximum absolute atomic E-state index is 14.1. The molecule has 0 aliphatic rings. The lowest BCUT2D eigenvalue weighted by molar-refractivity contribution is 0.102. The molecule has 0 unspecified atom stereocenters. The zero-order valence-electron chi connectivity index (χ0n) is 16.2. The number of anilines is 3. The minimum absolute atomic E-state index is 0.00277. The highest BCUT2D eigenvalue weighted by Crippen LogP contribution is 2.31. The second-order valence-corrected chi connectivity index (χ2v) is 6.82. The first-order valence-corrected chi connectivity index (χ1v) is 9.12. The van der Waals surface area contributed by atoms with E-state index in [9.17, 15) is 18.0 Å². The SMILES string of the molecule is COc1ccc(NC(=O)c2cc(F)c(Cl)cc2Nc2ccc(F)c(F)c2C)c(C)n1. The number of aryl methyl sites for hydroxylation is 1. The molecule has 0 spiro atoms. The third kappa shape index (κ3) is 4.33. The van der Waals surface area contributed by atoms with Crippen LogP contribution in [0.1, 0.15) is 21.6 Å². The van der Waals surface area contributed by atoms with Crippen LogP contribution in [-0.4, -0.2) is 18.0 Å². The number of nitrogens with one attached hydrogen (secondary N) is 2. The Kier molecular flexibility index (Phi) is 6.17. The van der Waals surface area contributed by atoms with Gasteiger partial charge in [-0.2, -0.15) is 0 Å². The lowest BCUT2D eigenvalue weighted by atomic mass is 10.1. The van der Waals surface area contributed by atoms with Crippen LogP contribution in [0.15, 0.2) is 36.4 Å². The average Bonchev–Trinajstić information content (AvgIpc) is 2.72. The second-order valence-electron chi connectivity index (χ2n) is 6.41. The van der Waals surface area contributed by atoms with Crippen molar-refractivity contribution in [3.63, 3.8) is 0 Å². The highest BCUT2D eigenvalue weighted by Gasteiger charge is 2.19. The average molecular weight is 436 g/mol. The Labute approximate surface area is 175 Å². The minimum atomic E-state index is -1.03. The Hall–Kier alpha value is -3.26. The first-order valence-electron chi connectivity index (χ1n) is 8.75. The number of hydrogen-bond acceptors (Lipinski definition) is 4. The molecule has 0 bridgehead atoms. The van der Waals surface area contributed by atoms with Crippen LogP contribution in [0.25, 0.3) is 0 Å². The van der Waals surface area contributed by atoms with E-state index >= 15 is 0 Å². The van der Waals surface area contributed by atoms with E-state index in [-0.39, 0.29) is 27.5 Å². The predicted octanol–water partition coefficient (Wildman–Crippen LogP) is 5.77. The largest absolute Gasteiger partial charge is 0.481 e. The highest BCUT2D eigenvalue weighted by molar-refractivity contribution is 6.31. The summed E-state index contributed by atoms with van der Waals surface area (Å²) in [4.78, 5) is 17.0. The topological polar surface area (TPSA) is 63.2 Å². The summed E-state index contributed by atoms with van der Waals surface area (Å²) >= 11 is 5.87. The zero-order chi connectivity index (χ0) is 22.0. The number of halogens is 4. The van der Waals surface area contributed by atoms with Gasteiger partial charge in [0.1, 0.15) is 5.82 Å². The molecular weight excluding hydrogens is 419 g/mol. The van der Waals surface area contributed by atoms with Gasteiger partial charge in [-0.05, 0) is 44.2 Å². The van der Waals surface area contributed by atoms with Gasteiger partial charge in [-0.25, -0.2) is 18.2 Å². The Bertz CT molecular complexity index is 1140. The normalized spacial score (nSPS) is 10.6. The molecule has 0 radical (unpaired) electrons. The van der Waals surface area contributed by atoms with Crippen LogP contribution in [0.5, 0.6) is 5.88 Å². The number of carbonyl (C=O) groups is 1. The van der Waals surface area contributed by atoms with Gasteiger partial charge in [0.2, 0.25) is 5.88 Å². The predicted molar refractivity (Wildman–Crippen MR) is 109 cm³/mol. The van der Waals surface area contributed by atoms with Crippen molar-refractivity contribution in [3.05, 3.63) is 75.7 Å². The molecule has 2 N–H and O–H groups in total. The number of methoxy groups -OCH3 is 1. The van der Waals surface area contributed by atoms with Gasteiger partial charge in [0.15, 0.2) is 11.6 Å². The number of rotatable bonds is 5. The van der Waals surface area contributed by atoms with Crippen LogP contribution in [0.3, 0.4) is 0 Å². The van der Waals surface area contributed by atoms with E-state index in [1.165, 1.54) is 26.2 Å². The van der Waals surface area contributed by atoms with Crippen molar-refractivity contribution in [2.45, 2.75) is 13.8 Å². The number of ether oxygens (including phenoxy) is 1. The molecule has 156 valence electrons. The first kappa shape index (κ1) is 21.4.